The van der Waals surface area contributed by atoms with Crippen LogP contribution in [0.5, 0.6) is 11.5 Å². The third kappa shape index (κ3) is 4.14. The fourth-order valence-corrected chi connectivity index (χ4v) is 2.49. The van der Waals surface area contributed by atoms with Crippen molar-refractivity contribution in [3.8, 4) is 11.5 Å². The molecule has 1 heterocycles. The fraction of sp³-hybridized carbons (Fsp3) is 0.389. The minimum Gasteiger partial charge on any atom is -0.493 e. The largest absolute Gasteiger partial charge is 0.493 e. The summed E-state index contributed by atoms with van der Waals surface area (Å²) in [6.07, 6.45) is 0.753. The maximum absolute atomic E-state index is 12.3. The number of carbonyl (C=O) groups is 2. The molecule has 1 aromatic heterocycles. The zero-order valence-electron chi connectivity index (χ0n) is 15.6. The number of nitrogens with one attached hydrogen (secondary N) is 1. The number of aryl methyl sites for hydroxylation is 2. The van der Waals surface area contributed by atoms with E-state index in [0.29, 0.717) is 29.3 Å². The molecule has 0 aliphatic rings. The Bertz CT molecular complexity index is 813. The summed E-state index contributed by atoms with van der Waals surface area (Å²) in [5.74, 6) is 0.431. The molecule has 0 spiro atoms. The van der Waals surface area contributed by atoms with Gasteiger partial charge in [0.05, 0.1) is 32.7 Å². The van der Waals surface area contributed by atoms with Gasteiger partial charge in [-0.15, -0.1) is 0 Å². The molecule has 0 bridgehead atoms. The van der Waals surface area contributed by atoms with E-state index in [-0.39, 0.29) is 18.0 Å². The lowest BCUT2D eigenvalue weighted by molar-refractivity contribution is -0.116. The van der Waals surface area contributed by atoms with E-state index in [0.717, 1.165) is 5.56 Å². The normalized spacial score (nSPS) is 10.3. The first-order valence-electron chi connectivity index (χ1n) is 8.03. The Balaban J connectivity index is 2.07. The molecule has 0 unspecified atom stereocenters. The molecule has 0 aliphatic heterocycles. The Hall–Kier alpha value is -3.03. The molecule has 1 N–H and O–H groups in total. The van der Waals surface area contributed by atoms with E-state index >= 15 is 0 Å². The van der Waals surface area contributed by atoms with Crippen molar-refractivity contribution < 1.29 is 23.8 Å². The van der Waals surface area contributed by atoms with Crippen LogP contribution in [0.1, 0.15) is 28.2 Å². The van der Waals surface area contributed by atoms with Gasteiger partial charge in [0.1, 0.15) is 0 Å². The van der Waals surface area contributed by atoms with Crippen molar-refractivity contribution in [3.63, 3.8) is 0 Å². The highest BCUT2D eigenvalue weighted by atomic mass is 16.5. The lowest BCUT2D eigenvalue weighted by Crippen LogP contribution is -2.15. The predicted octanol–water partition coefficient (Wildman–Crippen LogP) is 2.10. The first-order valence-corrected chi connectivity index (χ1v) is 8.03. The molecule has 0 aliphatic carbocycles. The number of carbonyl (C=O) groups excluding carboxylic acids is 2. The molecular formula is C18H23N3O5. The van der Waals surface area contributed by atoms with E-state index < -0.39 is 5.97 Å². The van der Waals surface area contributed by atoms with Crippen molar-refractivity contribution in [2.45, 2.75) is 19.8 Å². The lowest BCUT2D eigenvalue weighted by Gasteiger charge is -2.10. The Morgan fingerprint density at radius 3 is 2.46 bits per heavy atom. The van der Waals surface area contributed by atoms with Crippen LogP contribution < -0.4 is 14.8 Å². The maximum Gasteiger partial charge on any atom is 0.360 e. The van der Waals surface area contributed by atoms with Gasteiger partial charge in [0.2, 0.25) is 5.91 Å². The first-order chi connectivity index (χ1) is 12.4. The molecule has 8 heteroatoms. The van der Waals surface area contributed by atoms with Gasteiger partial charge in [-0.25, -0.2) is 4.79 Å². The second-order valence-corrected chi connectivity index (χ2v) is 5.66. The number of benzene rings is 1. The second-order valence-electron chi connectivity index (χ2n) is 5.66. The number of amides is 1. The molecule has 140 valence electrons. The number of rotatable bonds is 7. The molecule has 0 saturated heterocycles. The Morgan fingerprint density at radius 2 is 1.85 bits per heavy atom. The summed E-state index contributed by atoms with van der Waals surface area (Å²) in [5.41, 5.74) is 2.07. The minimum atomic E-state index is -0.594. The highest BCUT2D eigenvalue weighted by Gasteiger charge is 2.21. The van der Waals surface area contributed by atoms with Gasteiger partial charge in [-0.1, -0.05) is 6.07 Å². The van der Waals surface area contributed by atoms with Gasteiger partial charge in [0, 0.05) is 13.5 Å². The predicted molar refractivity (Wildman–Crippen MR) is 95.8 cm³/mol. The molecule has 8 nitrogen and oxygen atoms in total. The Labute approximate surface area is 152 Å². The molecule has 2 aromatic rings. The van der Waals surface area contributed by atoms with Crippen LogP contribution in [-0.2, 0) is 23.0 Å². The maximum atomic E-state index is 12.3. The van der Waals surface area contributed by atoms with Crippen LogP contribution in [0.4, 0.5) is 5.69 Å². The van der Waals surface area contributed by atoms with Crippen LogP contribution >= 0.6 is 0 Å². The van der Waals surface area contributed by atoms with Crippen LogP contribution in [0.25, 0.3) is 0 Å². The van der Waals surface area contributed by atoms with Crippen molar-refractivity contribution in [3.05, 3.63) is 35.2 Å². The highest BCUT2D eigenvalue weighted by molar-refractivity contribution is 6.00. The number of methoxy groups -OCH3 is 3. The third-order valence-corrected chi connectivity index (χ3v) is 4.07. The van der Waals surface area contributed by atoms with E-state index in [9.17, 15) is 9.59 Å². The van der Waals surface area contributed by atoms with Crippen molar-refractivity contribution in [2.24, 2.45) is 7.05 Å². The lowest BCUT2D eigenvalue weighted by atomic mass is 10.1. The summed E-state index contributed by atoms with van der Waals surface area (Å²) in [5, 5.41) is 6.85. The SMILES string of the molecule is COC(=O)c1nn(C)c(C)c1NC(=O)CCc1ccc(OC)c(OC)c1. The molecular weight excluding hydrogens is 338 g/mol. The number of aromatic nitrogens is 2. The van der Waals surface area contributed by atoms with Gasteiger partial charge >= 0.3 is 5.97 Å². The monoisotopic (exact) mass is 361 g/mol. The number of ether oxygens (including phenoxy) is 3. The Kier molecular flexibility index (Phi) is 6.21. The molecule has 1 aromatic carbocycles. The quantitative estimate of drug-likeness (QED) is 0.760. The first kappa shape index (κ1) is 19.3. The number of esters is 1. The summed E-state index contributed by atoms with van der Waals surface area (Å²) in [6.45, 7) is 1.77. The van der Waals surface area contributed by atoms with E-state index in [1.807, 2.05) is 12.1 Å². The molecule has 0 radical (unpaired) electrons. The zero-order valence-corrected chi connectivity index (χ0v) is 15.6. The molecule has 2 rings (SSSR count). The molecule has 26 heavy (non-hydrogen) atoms. The van der Waals surface area contributed by atoms with E-state index in [2.05, 4.69) is 10.4 Å². The van der Waals surface area contributed by atoms with Gasteiger partial charge in [0.25, 0.3) is 0 Å². The summed E-state index contributed by atoms with van der Waals surface area (Å²) in [7, 11) is 6.10. The molecule has 0 fully saturated rings. The van der Waals surface area contributed by atoms with E-state index in [1.165, 1.54) is 11.8 Å². The van der Waals surface area contributed by atoms with Crippen LogP contribution in [0, 0.1) is 6.92 Å². The average Bonchev–Trinajstić information content (AvgIpc) is 2.93. The van der Waals surface area contributed by atoms with Gasteiger partial charge in [-0.05, 0) is 31.0 Å². The van der Waals surface area contributed by atoms with Crippen LogP contribution in [-0.4, -0.2) is 43.0 Å². The number of hydrogen-bond acceptors (Lipinski definition) is 6. The number of hydrogen-bond donors (Lipinski definition) is 1. The van der Waals surface area contributed by atoms with Gasteiger partial charge in [0.15, 0.2) is 17.2 Å². The summed E-state index contributed by atoms with van der Waals surface area (Å²) < 4.78 is 16.7. The molecule has 1 amide bonds. The van der Waals surface area contributed by atoms with Gasteiger partial charge in [-0.2, -0.15) is 5.10 Å². The fourth-order valence-electron chi connectivity index (χ4n) is 2.49. The van der Waals surface area contributed by atoms with Crippen molar-refractivity contribution >= 4 is 17.6 Å². The zero-order chi connectivity index (χ0) is 19.3. The smallest absolute Gasteiger partial charge is 0.360 e. The summed E-state index contributed by atoms with van der Waals surface area (Å²) >= 11 is 0. The molecule has 0 atom stereocenters. The second kappa shape index (κ2) is 8.37. The van der Waals surface area contributed by atoms with Crippen LogP contribution in [0.15, 0.2) is 18.2 Å². The van der Waals surface area contributed by atoms with Gasteiger partial charge in [-0.3, -0.25) is 9.48 Å². The van der Waals surface area contributed by atoms with Crippen molar-refractivity contribution in [1.29, 1.82) is 0 Å². The van der Waals surface area contributed by atoms with Crippen LogP contribution in [0.2, 0.25) is 0 Å². The number of nitrogens with zero attached hydrogens (tertiary/aromatic N) is 2. The minimum absolute atomic E-state index is 0.0898. The summed E-state index contributed by atoms with van der Waals surface area (Å²) in [6, 6.07) is 5.51. The highest BCUT2D eigenvalue weighted by Crippen LogP contribution is 2.28. The standard InChI is InChI=1S/C18H23N3O5/c1-11-16(17(18(23)26-5)20-21(11)2)19-15(22)9-7-12-6-8-13(24-3)14(10-12)25-4/h6,8,10H,7,9H2,1-5H3,(H,19,22). The number of anilines is 1. The van der Waals surface area contributed by atoms with Crippen LogP contribution in [0.3, 0.4) is 0 Å². The van der Waals surface area contributed by atoms with E-state index in [4.69, 9.17) is 14.2 Å². The van der Waals surface area contributed by atoms with E-state index in [1.54, 1.807) is 34.3 Å². The summed E-state index contributed by atoms with van der Waals surface area (Å²) in [4.78, 5) is 24.1. The van der Waals surface area contributed by atoms with Gasteiger partial charge < -0.3 is 19.5 Å². The Morgan fingerprint density at radius 1 is 1.15 bits per heavy atom. The molecule has 0 saturated carbocycles. The van der Waals surface area contributed by atoms with Crippen molar-refractivity contribution in [1.82, 2.24) is 9.78 Å². The topological polar surface area (TPSA) is 91.7 Å². The van der Waals surface area contributed by atoms with Crippen molar-refractivity contribution in [2.75, 3.05) is 26.6 Å². The average molecular weight is 361 g/mol. The third-order valence-electron chi connectivity index (χ3n) is 4.07.